The standard InChI is InChI=1S/C14H22N2/c1-14(2)10-13(14)16-9-5-7-11-6-3-4-8-12(11)15/h3-4,6,8,13,16H,5,7,9-10,15H2,1-2H3. The van der Waals surface area contributed by atoms with Crippen LogP contribution in [0.1, 0.15) is 32.3 Å². The molecule has 1 fully saturated rings. The lowest BCUT2D eigenvalue weighted by Gasteiger charge is -2.07. The first-order valence-electron chi connectivity index (χ1n) is 6.16. The number of hydrogen-bond donors (Lipinski definition) is 2. The minimum Gasteiger partial charge on any atom is -0.399 e. The van der Waals surface area contributed by atoms with E-state index in [9.17, 15) is 0 Å². The number of rotatable bonds is 5. The van der Waals surface area contributed by atoms with Gasteiger partial charge < -0.3 is 11.1 Å². The van der Waals surface area contributed by atoms with Gasteiger partial charge in [0.2, 0.25) is 0 Å². The number of benzene rings is 1. The largest absolute Gasteiger partial charge is 0.399 e. The molecule has 1 aliphatic rings. The maximum Gasteiger partial charge on any atom is 0.0346 e. The number of nitrogen functional groups attached to an aromatic ring is 1. The van der Waals surface area contributed by atoms with Gasteiger partial charge in [0.25, 0.3) is 0 Å². The fourth-order valence-electron chi connectivity index (χ4n) is 2.13. The van der Waals surface area contributed by atoms with E-state index in [1.54, 1.807) is 0 Å². The van der Waals surface area contributed by atoms with E-state index in [0.29, 0.717) is 5.41 Å². The zero-order valence-corrected chi connectivity index (χ0v) is 10.3. The maximum absolute atomic E-state index is 5.90. The van der Waals surface area contributed by atoms with Gasteiger partial charge in [-0.05, 0) is 42.9 Å². The number of aryl methyl sites for hydroxylation is 1. The summed E-state index contributed by atoms with van der Waals surface area (Å²) in [5, 5.41) is 3.60. The van der Waals surface area contributed by atoms with Crippen molar-refractivity contribution in [1.82, 2.24) is 5.32 Å². The van der Waals surface area contributed by atoms with Crippen molar-refractivity contribution in [3.05, 3.63) is 29.8 Å². The minimum absolute atomic E-state index is 0.534. The van der Waals surface area contributed by atoms with Gasteiger partial charge in [0, 0.05) is 11.7 Å². The van der Waals surface area contributed by atoms with Gasteiger partial charge in [-0.2, -0.15) is 0 Å². The molecule has 1 aromatic rings. The monoisotopic (exact) mass is 218 g/mol. The molecule has 1 atom stereocenters. The van der Waals surface area contributed by atoms with Crippen LogP contribution in [0.3, 0.4) is 0 Å². The van der Waals surface area contributed by atoms with E-state index < -0.39 is 0 Å². The molecule has 2 rings (SSSR count). The Kier molecular flexibility index (Phi) is 3.20. The molecule has 0 bridgehead atoms. The Hall–Kier alpha value is -1.02. The van der Waals surface area contributed by atoms with E-state index >= 15 is 0 Å². The molecule has 2 heteroatoms. The lowest BCUT2D eigenvalue weighted by atomic mass is 10.1. The molecule has 0 saturated heterocycles. The smallest absolute Gasteiger partial charge is 0.0346 e. The van der Waals surface area contributed by atoms with Crippen LogP contribution in [0.15, 0.2) is 24.3 Å². The lowest BCUT2D eigenvalue weighted by Crippen LogP contribution is -2.22. The van der Waals surface area contributed by atoms with Crippen LogP contribution in [0.5, 0.6) is 0 Å². The van der Waals surface area contributed by atoms with Crippen molar-refractivity contribution in [1.29, 1.82) is 0 Å². The molecule has 3 N–H and O–H groups in total. The van der Waals surface area contributed by atoms with Crippen molar-refractivity contribution in [2.75, 3.05) is 12.3 Å². The highest BCUT2D eigenvalue weighted by atomic mass is 15.0. The van der Waals surface area contributed by atoms with Crippen LogP contribution < -0.4 is 11.1 Å². The number of anilines is 1. The van der Waals surface area contributed by atoms with Crippen LogP contribution in [0.25, 0.3) is 0 Å². The quantitative estimate of drug-likeness (QED) is 0.589. The van der Waals surface area contributed by atoms with Gasteiger partial charge in [-0.25, -0.2) is 0 Å². The molecule has 1 aliphatic carbocycles. The maximum atomic E-state index is 5.90. The predicted octanol–water partition coefficient (Wildman–Crippen LogP) is 2.59. The molecule has 0 heterocycles. The average molecular weight is 218 g/mol. The van der Waals surface area contributed by atoms with E-state index in [4.69, 9.17) is 5.73 Å². The molecule has 0 amide bonds. The summed E-state index contributed by atoms with van der Waals surface area (Å²) >= 11 is 0. The third kappa shape index (κ3) is 2.76. The Balaban J connectivity index is 1.67. The van der Waals surface area contributed by atoms with Gasteiger partial charge in [-0.15, -0.1) is 0 Å². The molecule has 0 aromatic heterocycles. The summed E-state index contributed by atoms with van der Waals surface area (Å²) in [6.45, 7) is 5.74. The Bertz CT molecular complexity index is 358. The molecule has 1 saturated carbocycles. The van der Waals surface area contributed by atoms with Crippen LogP contribution in [-0.4, -0.2) is 12.6 Å². The van der Waals surface area contributed by atoms with Gasteiger partial charge in [0.15, 0.2) is 0 Å². The van der Waals surface area contributed by atoms with Crippen molar-refractivity contribution in [2.45, 2.75) is 39.2 Å². The topological polar surface area (TPSA) is 38.0 Å². The van der Waals surface area contributed by atoms with Crippen molar-refractivity contribution in [3.63, 3.8) is 0 Å². The molecule has 0 radical (unpaired) electrons. The zero-order chi connectivity index (χ0) is 11.6. The number of hydrogen-bond acceptors (Lipinski definition) is 2. The van der Waals surface area contributed by atoms with Crippen molar-refractivity contribution in [2.24, 2.45) is 5.41 Å². The number of para-hydroxylation sites is 1. The molecular formula is C14H22N2. The average Bonchev–Trinajstić information content (AvgIpc) is 2.84. The first kappa shape index (κ1) is 11.5. The third-order valence-corrected chi connectivity index (χ3v) is 3.58. The van der Waals surface area contributed by atoms with E-state index in [-0.39, 0.29) is 0 Å². The fourth-order valence-corrected chi connectivity index (χ4v) is 2.13. The van der Waals surface area contributed by atoms with Crippen LogP contribution >= 0.6 is 0 Å². The van der Waals surface area contributed by atoms with Gasteiger partial charge in [0.05, 0.1) is 0 Å². The van der Waals surface area contributed by atoms with Crippen molar-refractivity contribution < 1.29 is 0 Å². The molecular weight excluding hydrogens is 196 g/mol. The highest BCUT2D eigenvalue weighted by molar-refractivity contribution is 5.46. The molecule has 16 heavy (non-hydrogen) atoms. The van der Waals surface area contributed by atoms with E-state index in [1.165, 1.54) is 18.4 Å². The van der Waals surface area contributed by atoms with Gasteiger partial charge in [-0.3, -0.25) is 0 Å². The molecule has 0 spiro atoms. The summed E-state index contributed by atoms with van der Waals surface area (Å²) in [6, 6.07) is 8.89. The normalized spacial score (nSPS) is 22.0. The highest BCUT2D eigenvalue weighted by Crippen LogP contribution is 2.44. The SMILES string of the molecule is CC1(C)CC1NCCCc1ccccc1N. The van der Waals surface area contributed by atoms with E-state index in [0.717, 1.165) is 24.7 Å². The third-order valence-electron chi connectivity index (χ3n) is 3.58. The first-order valence-corrected chi connectivity index (χ1v) is 6.16. The highest BCUT2D eigenvalue weighted by Gasteiger charge is 2.44. The fraction of sp³-hybridized carbons (Fsp3) is 0.571. The molecule has 2 nitrogen and oxygen atoms in total. The van der Waals surface area contributed by atoms with E-state index in [2.05, 4.69) is 31.3 Å². The lowest BCUT2D eigenvalue weighted by molar-refractivity contribution is 0.535. The summed E-state index contributed by atoms with van der Waals surface area (Å²) in [5.74, 6) is 0. The Labute approximate surface area is 98.2 Å². The van der Waals surface area contributed by atoms with Crippen LogP contribution in [0.2, 0.25) is 0 Å². The zero-order valence-electron chi connectivity index (χ0n) is 10.3. The van der Waals surface area contributed by atoms with Gasteiger partial charge in [-0.1, -0.05) is 32.0 Å². The summed E-state index contributed by atoms with van der Waals surface area (Å²) < 4.78 is 0. The van der Waals surface area contributed by atoms with Crippen LogP contribution in [-0.2, 0) is 6.42 Å². The second-order valence-electron chi connectivity index (χ2n) is 5.50. The van der Waals surface area contributed by atoms with Gasteiger partial charge >= 0.3 is 0 Å². The first-order chi connectivity index (χ1) is 7.59. The predicted molar refractivity (Wildman–Crippen MR) is 69.4 cm³/mol. The number of nitrogens with two attached hydrogens (primary N) is 1. The van der Waals surface area contributed by atoms with Crippen LogP contribution in [0.4, 0.5) is 5.69 Å². The Morgan fingerprint density at radius 1 is 1.38 bits per heavy atom. The second kappa shape index (κ2) is 4.46. The summed E-state index contributed by atoms with van der Waals surface area (Å²) in [4.78, 5) is 0. The minimum atomic E-state index is 0.534. The van der Waals surface area contributed by atoms with Crippen molar-refractivity contribution >= 4 is 5.69 Å². The molecule has 0 aliphatic heterocycles. The Morgan fingerprint density at radius 3 is 2.69 bits per heavy atom. The summed E-state index contributed by atoms with van der Waals surface area (Å²) in [6.07, 6.45) is 3.56. The Morgan fingerprint density at radius 2 is 2.06 bits per heavy atom. The summed E-state index contributed by atoms with van der Waals surface area (Å²) in [5.41, 5.74) is 8.63. The van der Waals surface area contributed by atoms with Crippen molar-refractivity contribution in [3.8, 4) is 0 Å². The molecule has 1 aromatic carbocycles. The van der Waals surface area contributed by atoms with E-state index in [1.807, 2.05) is 12.1 Å². The second-order valence-corrected chi connectivity index (χ2v) is 5.50. The molecule has 1 unspecified atom stereocenters. The summed E-state index contributed by atoms with van der Waals surface area (Å²) in [7, 11) is 0. The number of nitrogens with one attached hydrogen (secondary N) is 1. The molecule has 88 valence electrons. The van der Waals surface area contributed by atoms with Crippen LogP contribution in [0, 0.1) is 5.41 Å². The van der Waals surface area contributed by atoms with Gasteiger partial charge in [0.1, 0.15) is 0 Å².